The summed E-state index contributed by atoms with van der Waals surface area (Å²) in [6.07, 6.45) is 15.0. The summed E-state index contributed by atoms with van der Waals surface area (Å²) in [4.78, 5) is 27.6. The minimum absolute atomic E-state index is 0.318. The smallest absolute Gasteiger partial charge is 0.222 e. The van der Waals surface area contributed by atoms with Gasteiger partial charge in [0.05, 0.1) is 0 Å². The van der Waals surface area contributed by atoms with E-state index in [2.05, 4.69) is 0 Å². The maximum atomic E-state index is 11.9. The summed E-state index contributed by atoms with van der Waals surface area (Å²) < 4.78 is 0. The Bertz CT molecular complexity index is 329. The van der Waals surface area contributed by atoms with E-state index in [1.807, 2.05) is 37.5 Å². The molecule has 0 rings (SSSR count). The largest absolute Gasteiger partial charge is 0.343 e. The molecule has 0 aliphatic heterocycles. The quantitative estimate of drug-likeness (QED) is 0.281. The SMILES string of the molecule is CCN(CC)C(=O)CCCCCCCCCCCCCC(=O)N(CC)CC. The van der Waals surface area contributed by atoms with Crippen molar-refractivity contribution in [1.82, 2.24) is 9.80 Å². The van der Waals surface area contributed by atoms with Crippen molar-refractivity contribution in [2.24, 2.45) is 0 Å². The van der Waals surface area contributed by atoms with Crippen molar-refractivity contribution in [3.63, 3.8) is 0 Å². The lowest BCUT2D eigenvalue weighted by Gasteiger charge is -2.18. The number of carbonyl (C=O) groups is 2. The standard InChI is InChI=1S/C23H46N2O2/c1-5-24(6-2)22(26)20-18-16-14-12-10-9-11-13-15-17-19-21-23(27)25(7-3)8-4/h5-21H2,1-4H3. The zero-order valence-electron chi connectivity index (χ0n) is 18.7. The summed E-state index contributed by atoms with van der Waals surface area (Å²) in [6.45, 7) is 11.5. The van der Waals surface area contributed by atoms with Gasteiger partial charge >= 0.3 is 0 Å². The van der Waals surface area contributed by atoms with E-state index in [9.17, 15) is 9.59 Å². The zero-order valence-corrected chi connectivity index (χ0v) is 18.7. The Morgan fingerprint density at radius 1 is 0.444 bits per heavy atom. The molecule has 27 heavy (non-hydrogen) atoms. The fraction of sp³-hybridized carbons (Fsp3) is 0.913. The monoisotopic (exact) mass is 382 g/mol. The molecule has 4 heteroatoms. The van der Waals surface area contributed by atoms with E-state index in [0.717, 1.165) is 51.9 Å². The Kier molecular flexibility index (Phi) is 17.6. The van der Waals surface area contributed by atoms with E-state index in [-0.39, 0.29) is 0 Å². The highest BCUT2D eigenvalue weighted by Gasteiger charge is 2.09. The summed E-state index contributed by atoms with van der Waals surface area (Å²) in [5, 5.41) is 0. The maximum absolute atomic E-state index is 11.9. The second-order valence-corrected chi connectivity index (χ2v) is 7.52. The molecule has 0 saturated heterocycles. The van der Waals surface area contributed by atoms with Crippen LogP contribution in [0.4, 0.5) is 0 Å². The average molecular weight is 383 g/mol. The molecule has 0 saturated carbocycles. The van der Waals surface area contributed by atoms with Crippen LogP contribution in [-0.4, -0.2) is 47.8 Å². The molecule has 0 unspecified atom stereocenters. The van der Waals surface area contributed by atoms with Crippen LogP contribution in [-0.2, 0) is 9.59 Å². The van der Waals surface area contributed by atoms with Crippen molar-refractivity contribution in [2.45, 2.75) is 111 Å². The number of rotatable bonds is 18. The molecule has 0 bridgehead atoms. The Morgan fingerprint density at radius 3 is 0.889 bits per heavy atom. The number of amides is 2. The lowest BCUT2D eigenvalue weighted by atomic mass is 10.0. The van der Waals surface area contributed by atoms with Gasteiger partial charge in [-0.25, -0.2) is 0 Å². The summed E-state index contributed by atoms with van der Waals surface area (Å²) in [5.74, 6) is 0.637. The fourth-order valence-corrected chi connectivity index (χ4v) is 3.61. The van der Waals surface area contributed by atoms with Crippen LogP contribution in [0, 0.1) is 0 Å². The van der Waals surface area contributed by atoms with Crippen LogP contribution >= 0.6 is 0 Å². The third kappa shape index (κ3) is 13.7. The number of hydrogen-bond acceptors (Lipinski definition) is 2. The molecule has 0 aromatic carbocycles. The van der Waals surface area contributed by atoms with Gasteiger partial charge in [0.25, 0.3) is 0 Å². The van der Waals surface area contributed by atoms with Crippen molar-refractivity contribution < 1.29 is 9.59 Å². The number of carbonyl (C=O) groups excluding carboxylic acids is 2. The highest BCUT2D eigenvalue weighted by Crippen LogP contribution is 2.13. The van der Waals surface area contributed by atoms with Crippen LogP contribution < -0.4 is 0 Å². The van der Waals surface area contributed by atoms with Gasteiger partial charge in [0, 0.05) is 39.0 Å². The summed E-state index contributed by atoms with van der Waals surface area (Å²) >= 11 is 0. The first-order chi connectivity index (χ1) is 13.1. The molecule has 0 radical (unpaired) electrons. The molecule has 0 fully saturated rings. The second kappa shape index (κ2) is 18.3. The molecule has 0 N–H and O–H groups in total. The molecule has 2 amide bonds. The van der Waals surface area contributed by atoms with Crippen molar-refractivity contribution in [1.29, 1.82) is 0 Å². The predicted octanol–water partition coefficient (Wildman–Crippen LogP) is 5.79. The van der Waals surface area contributed by atoms with Gasteiger partial charge in [-0.3, -0.25) is 9.59 Å². The van der Waals surface area contributed by atoms with Gasteiger partial charge in [-0.1, -0.05) is 57.8 Å². The average Bonchev–Trinajstić information content (AvgIpc) is 2.67. The summed E-state index contributed by atoms with van der Waals surface area (Å²) in [7, 11) is 0. The van der Waals surface area contributed by atoms with Crippen LogP contribution in [0.1, 0.15) is 111 Å². The topological polar surface area (TPSA) is 40.6 Å². The minimum Gasteiger partial charge on any atom is -0.343 e. The molecular weight excluding hydrogens is 336 g/mol. The van der Waals surface area contributed by atoms with Crippen LogP contribution in [0.2, 0.25) is 0 Å². The van der Waals surface area contributed by atoms with Gasteiger partial charge in [0.1, 0.15) is 0 Å². The molecule has 0 aromatic heterocycles. The van der Waals surface area contributed by atoms with Crippen molar-refractivity contribution >= 4 is 11.8 Å². The first-order valence-electron chi connectivity index (χ1n) is 11.7. The van der Waals surface area contributed by atoms with Crippen LogP contribution in [0.15, 0.2) is 0 Å². The van der Waals surface area contributed by atoms with E-state index in [0.29, 0.717) is 11.8 Å². The van der Waals surface area contributed by atoms with Gasteiger partial charge in [-0.15, -0.1) is 0 Å². The molecule has 0 aliphatic rings. The molecule has 0 heterocycles. The molecule has 0 aliphatic carbocycles. The van der Waals surface area contributed by atoms with Gasteiger partial charge in [0.2, 0.25) is 11.8 Å². The zero-order chi connectivity index (χ0) is 20.3. The number of unbranched alkanes of at least 4 members (excludes halogenated alkanes) is 10. The molecule has 160 valence electrons. The van der Waals surface area contributed by atoms with Gasteiger partial charge in [-0.05, 0) is 40.5 Å². The highest BCUT2D eigenvalue weighted by molar-refractivity contribution is 5.76. The minimum atomic E-state index is 0.318. The Hall–Kier alpha value is -1.06. The van der Waals surface area contributed by atoms with E-state index in [4.69, 9.17) is 0 Å². The van der Waals surface area contributed by atoms with E-state index < -0.39 is 0 Å². The number of nitrogens with zero attached hydrogens (tertiary/aromatic N) is 2. The summed E-state index contributed by atoms with van der Waals surface area (Å²) in [5.41, 5.74) is 0. The van der Waals surface area contributed by atoms with E-state index in [1.165, 1.54) is 57.8 Å². The first-order valence-corrected chi connectivity index (χ1v) is 11.7. The fourth-order valence-electron chi connectivity index (χ4n) is 3.61. The van der Waals surface area contributed by atoms with E-state index >= 15 is 0 Å². The highest BCUT2D eigenvalue weighted by atomic mass is 16.2. The van der Waals surface area contributed by atoms with Crippen LogP contribution in [0.25, 0.3) is 0 Å². The lowest BCUT2D eigenvalue weighted by Crippen LogP contribution is -2.30. The lowest BCUT2D eigenvalue weighted by molar-refractivity contribution is -0.131. The molecule has 0 atom stereocenters. The van der Waals surface area contributed by atoms with Gasteiger partial charge in [0.15, 0.2) is 0 Å². The van der Waals surface area contributed by atoms with Crippen molar-refractivity contribution in [2.75, 3.05) is 26.2 Å². The third-order valence-electron chi connectivity index (χ3n) is 5.51. The van der Waals surface area contributed by atoms with Gasteiger partial charge in [-0.2, -0.15) is 0 Å². The molecule has 4 nitrogen and oxygen atoms in total. The number of hydrogen-bond donors (Lipinski definition) is 0. The first kappa shape index (κ1) is 25.9. The Labute approximate surface area is 169 Å². The van der Waals surface area contributed by atoms with Gasteiger partial charge < -0.3 is 9.80 Å². The Morgan fingerprint density at radius 2 is 0.667 bits per heavy atom. The van der Waals surface area contributed by atoms with E-state index in [1.54, 1.807) is 0 Å². The maximum Gasteiger partial charge on any atom is 0.222 e. The molecule has 0 spiro atoms. The van der Waals surface area contributed by atoms with Crippen LogP contribution in [0.5, 0.6) is 0 Å². The second-order valence-electron chi connectivity index (χ2n) is 7.52. The van der Waals surface area contributed by atoms with Crippen LogP contribution in [0.3, 0.4) is 0 Å². The normalized spacial score (nSPS) is 10.8. The predicted molar refractivity (Wildman–Crippen MR) is 116 cm³/mol. The van der Waals surface area contributed by atoms with Crippen molar-refractivity contribution in [3.05, 3.63) is 0 Å². The van der Waals surface area contributed by atoms with Crippen molar-refractivity contribution in [3.8, 4) is 0 Å². The molecule has 0 aromatic rings. The molecular formula is C23H46N2O2. The third-order valence-corrected chi connectivity index (χ3v) is 5.51. The Balaban J connectivity index is 3.34. The summed E-state index contributed by atoms with van der Waals surface area (Å²) in [6, 6.07) is 0.